The fraction of sp³-hybridized carbons (Fsp3) is 0.667. The van der Waals surface area contributed by atoms with Gasteiger partial charge in [0.05, 0.1) is 0 Å². The molecule has 0 aromatic carbocycles. The number of aliphatic imine (C=N–C) groups is 1. The van der Waals surface area contributed by atoms with Crippen LogP contribution in [0.4, 0.5) is 0 Å². The maximum atomic E-state index is 10.0. The molecule has 0 amide bonds. The van der Waals surface area contributed by atoms with Crippen LogP contribution < -0.4 is 17.2 Å². The summed E-state index contributed by atoms with van der Waals surface area (Å²) in [5.41, 5.74) is 15.4. The van der Waals surface area contributed by atoms with Crippen molar-refractivity contribution in [3.63, 3.8) is 0 Å². The Bertz CT molecular complexity index is 293. The summed E-state index contributed by atoms with van der Waals surface area (Å²) in [7, 11) is 3.45. The van der Waals surface area contributed by atoms with Crippen LogP contribution in [0.5, 0.6) is 0 Å². The highest BCUT2D eigenvalue weighted by Gasteiger charge is 2.14. The van der Waals surface area contributed by atoms with Gasteiger partial charge in [0.2, 0.25) is 5.96 Å². The molecule has 0 spiro atoms. The summed E-state index contributed by atoms with van der Waals surface area (Å²) < 4.78 is 0. The molecule has 0 fully saturated rings. The van der Waals surface area contributed by atoms with Crippen LogP contribution >= 0.6 is 12.4 Å². The number of halogens is 1. The molecule has 0 aromatic heterocycles. The van der Waals surface area contributed by atoms with Crippen molar-refractivity contribution in [2.45, 2.75) is 19.9 Å². The van der Waals surface area contributed by atoms with Gasteiger partial charge in [-0.05, 0) is 5.92 Å². The Balaban J connectivity index is -0.000000238. The van der Waals surface area contributed by atoms with Crippen LogP contribution in [0.25, 0.3) is 0 Å². The van der Waals surface area contributed by atoms with Crippen LogP contribution in [0.1, 0.15) is 13.8 Å². The summed E-state index contributed by atoms with van der Waals surface area (Å²) in [6.45, 7) is 3.55. The number of nitrogens with one attached hydrogen (secondary N) is 1. The lowest BCUT2D eigenvalue weighted by atomic mass is 10.1. The van der Waals surface area contributed by atoms with E-state index in [9.17, 15) is 4.79 Å². The molecule has 0 unspecified atom stereocenters. The number of aliphatic carboxylic acids is 1. The average molecular weight is 283 g/mol. The second-order valence-electron chi connectivity index (χ2n) is 3.86. The lowest BCUT2D eigenvalue weighted by Crippen LogP contribution is -2.34. The van der Waals surface area contributed by atoms with Crippen molar-refractivity contribution < 1.29 is 9.90 Å². The molecule has 0 rings (SSSR count). The summed E-state index contributed by atoms with van der Waals surface area (Å²) in [5, 5.41) is 14.9. The van der Waals surface area contributed by atoms with Crippen molar-refractivity contribution in [1.29, 1.82) is 5.41 Å². The largest absolute Gasteiger partial charge is 0.480 e. The molecule has 0 bridgehead atoms. The maximum Gasteiger partial charge on any atom is 0.320 e. The van der Waals surface area contributed by atoms with Gasteiger partial charge < -0.3 is 27.2 Å². The fourth-order valence-corrected chi connectivity index (χ4v) is 0.509. The van der Waals surface area contributed by atoms with E-state index in [1.54, 1.807) is 32.8 Å². The van der Waals surface area contributed by atoms with Gasteiger partial charge >= 0.3 is 5.97 Å². The number of carboxylic acids is 1. The van der Waals surface area contributed by atoms with Crippen LogP contribution in [0, 0.1) is 11.3 Å². The summed E-state index contributed by atoms with van der Waals surface area (Å²) in [4.78, 5) is 15.0. The molecule has 0 aliphatic carbocycles. The van der Waals surface area contributed by atoms with E-state index in [-0.39, 0.29) is 30.2 Å². The predicted molar refractivity (Wildman–Crippen MR) is 74.9 cm³/mol. The van der Waals surface area contributed by atoms with Gasteiger partial charge in [0.25, 0.3) is 0 Å². The van der Waals surface area contributed by atoms with Crippen LogP contribution in [0.15, 0.2) is 4.99 Å². The Kier molecular flexibility index (Phi) is 12.8. The number of nitrogens with two attached hydrogens (primary N) is 3. The minimum atomic E-state index is -0.931. The smallest absolute Gasteiger partial charge is 0.320 e. The molecule has 8 nitrogen and oxygen atoms in total. The molecule has 1 atom stereocenters. The predicted octanol–water partition coefficient (Wildman–Crippen LogP) is -0.768. The third-order valence-electron chi connectivity index (χ3n) is 1.70. The molecule has 18 heavy (non-hydrogen) atoms. The molecular weight excluding hydrogens is 260 g/mol. The van der Waals surface area contributed by atoms with Crippen molar-refractivity contribution in [3.8, 4) is 0 Å². The zero-order valence-corrected chi connectivity index (χ0v) is 11.9. The first-order valence-corrected chi connectivity index (χ1v) is 4.93. The second-order valence-corrected chi connectivity index (χ2v) is 3.86. The van der Waals surface area contributed by atoms with Crippen molar-refractivity contribution in [1.82, 2.24) is 4.90 Å². The van der Waals surface area contributed by atoms with Crippen LogP contribution in [0.2, 0.25) is 0 Å². The van der Waals surface area contributed by atoms with E-state index in [0.29, 0.717) is 0 Å². The third-order valence-corrected chi connectivity index (χ3v) is 1.70. The molecule has 0 aromatic rings. The Labute approximate surface area is 113 Å². The number of hydrogen-bond donors (Lipinski definition) is 5. The first-order chi connectivity index (χ1) is 7.59. The van der Waals surface area contributed by atoms with E-state index >= 15 is 0 Å². The number of carbonyl (C=O) groups is 1. The molecule has 0 radical (unpaired) electrons. The summed E-state index contributed by atoms with van der Waals surface area (Å²) >= 11 is 0. The molecule has 0 aliphatic heterocycles. The maximum absolute atomic E-state index is 10.0. The Morgan fingerprint density at radius 2 is 1.72 bits per heavy atom. The van der Waals surface area contributed by atoms with Gasteiger partial charge in [-0.1, -0.05) is 13.8 Å². The number of guanidine groups is 2. The SMILES string of the molecule is CC(C)[C@H](N)C(=O)O.CN(C)C(N)=NC(=N)N.Cl. The summed E-state index contributed by atoms with van der Waals surface area (Å²) in [6, 6.07) is -0.713. The molecule has 0 saturated carbocycles. The third kappa shape index (κ3) is 12.5. The van der Waals surface area contributed by atoms with Gasteiger partial charge in [0, 0.05) is 14.1 Å². The quantitative estimate of drug-likeness (QED) is 0.331. The molecule has 0 saturated heterocycles. The highest BCUT2D eigenvalue weighted by Crippen LogP contribution is 1.96. The number of nitrogens with zero attached hydrogens (tertiary/aromatic N) is 2. The van der Waals surface area contributed by atoms with Gasteiger partial charge in [-0.25, -0.2) is 0 Å². The van der Waals surface area contributed by atoms with Crippen molar-refractivity contribution >= 4 is 30.3 Å². The first-order valence-electron chi connectivity index (χ1n) is 4.93. The van der Waals surface area contributed by atoms with Gasteiger partial charge in [-0.15, -0.1) is 12.4 Å². The molecule has 9 heteroatoms. The lowest BCUT2D eigenvalue weighted by Gasteiger charge is -2.08. The highest BCUT2D eigenvalue weighted by atomic mass is 35.5. The van der Waals surface area contributed by atoms with Crippen molar-refractivity contribution in [2.24, 2.45) is 28.1 Å². The van der Waals surface area contributed by atoms with Crippen LogP contribution in [-0.2, 0) is 4.79 Å². The summed E-state index contributed by atoms with van der Waals surface area (Å²) in [6.07, 6.45) is 0. The standard InChI is InChI=1S/C5H11NO2.C4H11N5.ClH/c1-3(2)4(6)5(7)8;1-9(2)4(7)8-3(5)6;/h3-4H,6H2,1-2H3,(H,7,8);1-2H3,(H5,5,6,7,8);1H/t4-;;/m0../s1. The van der Waals surface area contributed by atoms with Crippen molar-refractivity contribution in [2.75, 3.05) is 14.1 Å². The van der Waals surface area contributed by atoms with E-state index in [1.807, 2.05) is 0 Å². The van der Waals surface area contributed by atoms with E-state index in [4.69, 9.17) is 27.7 Å². The topological polar surface area (TPSA) is 155 Å². The first kappa shape index (κ1) is 21.7. The monoisotopic (exact) mass is 282 g/mol. The Morgan fingerprint density at radius 1 is 1.33 bits per heavy atom. The molecule has 108 valence electrons. The molecule has 0 aliphatic rings. The molecule has 0 heterocycles. The van der Waals surface area contributed by atoms with Gasteiger partial charge in [-0.3, -0.25) is 10.2 Å². The normalized spacial score (nSPS) is 11.8. The molecule has 8 N–H and O–H groups in total. The average Bonchev–Trinajstić information content (AvgIpc) is 2.15. The Hall–Kier alpha value is -1.54. The highest BCUT2D eigenvalue weighted by molar-refractivity contribution is 5.91. The summed E-state index contributed by atoms with van der Waals surface area (Å²) in [5.74, 6) is -0.948. The van der Waals surface area contributed by atoms with Gasteiger partial charge in [0.1, 0.15) is 6.04 Å². The molecular formula is C9H23ClN6O2. The zero-order chi connectivity index (χ0) is 14.2. The van der Waals surface area contributed by atoms with Gasteiger partial charge in [0.15, 0.2) is 5.96 Å². The minimum Gasteiger partial charge on any atom is -0.480 e. The number of rotatable bonds is 2. The van der Waals surface area contributed by atoms with E-state index < -0.39 is 12.0 Å². The fourth-order valence-electron chi connectivity index (χ4n) is 0.509. The lowest BCUT2D eigenvalue weighted by molar-refractivity contribution is -0.139. The van der Waals surface area contributed by atoms with Crippen LogP contribution in [0.3, 0.4) is 0 Å². The second kappa shape index (κ2) is 10.6. The minimum absolute atomic E-state index is 0. The van der Waals surface area contributed by atoms with Gasteiger partial charge in [-0.2, -0.15) is 4.99 Å². The van der Waals surface area contributed by atoms with E-state index in [0.717, 1.165) is 0 Å². The zero-order valence-electron chi connectivity index (χ0n) is 11.0. The number of carboxylic acid groups (broad SMARTS) is 1. The Morgan fingerprint density at radius 3 is 1.78 bits per heavy atom. The van der Waals surface area contributed by atoms with Crippen LogP contribution in [-0.4, -0.2) is 48.0 Å². The van der Waals surface area contributed by atoms with E-state index in [1.165, 1.54) is 0 Å². The number of hydrogen-bond acceptors (Lipinski definition) is 3. The van der Waals surface area contributed by atoms with Crippen molar-refractivity contribution in [3.05, 3.63) is 0 Å². The van der Waals surface area contributed by atoms with E-state index in [2.05, 4.69) is 4.99 Å².